The van der Waals surface area contributed by atoms with E-state index in [1.165, 1.54) is 6.07 Å². The van der Waals surface area contributed by atoms with Crippen LogP contribution in [-0.2, 0) is 6.42 Å². The molecular weight excluding hydrogens is 285 g/mol. The maximum absolute atomic E-state index is 13.9. The van der Waals surface area contributed by atoms with E-state index in [2.05, 4.69) is 9.97 Å². The number of nitrogens with zero attached hydrogens (tertiary/aromatic N) is 1. The summed E-state index contributed by atoms with van der Waals surface area (Å²) in [5, 5.41) is 0. The number of nitrogens with one attached hydrogen (secondary N) is 1. The maximum Gasteiger partial charge on any atom is 0.195 e. The number of halogens is 3. The molecule has 20 heavy (non-hydrogen) atoms. The van der Waals surface area contributed by atoms with Gasteiger partial charge in [0.05, 0.1) is 5.69 Å². The third kappa shape index (κ3) is 2.60. The van der Waals surface area contributed by atoms with Crippen molar-refractivity contribution in [2.75, 3.05) is 0 Å². The Hall–Kier alpha value is -1.69. The Kier molecular flexibility index (Phi) is 4.23. The molecule has 0 aliphatic carbocycles. The average Bonchev–Trinajstić information content (AvgIpc) is 2.41. The molecule has 2 nitrogen and oxygen atoms in total. The Morgan fingerprint density at radius 1 is 1.20 bits per heavy atom. The van der Waals surface area contributed by atoms with Crippen LogP contribution in [0.5, 0.6) is 0 Å². The van der Waals surface area contributed by atoms with Gasteiger partial charge in [-0.15, -0.1) is 0 Å². The fourth-order valence-corrected chi connectivity index (χ4v) is 2.14. The molecule has 0 aliphatic rings. The molecule has 0 unspecified atom stereocenters. The molecule has 0 spiro atoms. The smallest absolute Gasteiger partial charge is 0.195 e. The lowest BCUT2D eigenvalue weighted by Crippen LogP contribution is -2.03. The van der Waals surface area contributed by atoms with Crippen LogP contribution in [0, 0.1) is 29.0 Å². The van der Waals surface area contributed by atoms with Crippen LogP contribution in [0.25, 0.3) is 11.3 Å². The second-order valence-electron chi connectivity index (χ2n) is 4.46. The second-order valence-corrected chi connectivity index (χ2v) is 4.85. The van der Waals surface area contributed by atoms with Gasteiger partial charge in [0, 0.05) is 17.5 Å². The average molecular weight is 298 g/mol. The van der Waals surface area contributed by atoms with Crippen LogP contribution in [0.1, 0.15) is 24.7 Å². The Morgan fingerprint density at radius 2 is 1.90 bits per heavy atom. The first-order valence-electron chi connectivity index (χ1n) is 6.19. The summed E-state index contributed by atoms with van der Waals surface area (Å²) in [5.41, 5.74) is 0.821. The summed E-state index contributed by atoms with van der Waals surface area (Å²) in [6.45, 7) is 3.63. The lowest BCUT2D eigenvalue weighted by atomic mass is 10.1. The van der Waals surface area contributed by atoms with Crippen molar-refractivity contribution in [1.29, 1.82) is 0 Å². The molecule has 0 saturated carbocycles. The molecule has 106 valence electrons. The Labute approximate surface area is 119 Å². The van der Waals surface area contributed by atoms with E-state index in [1.807, 2.05) is 6.92 Å². The van der Waals surface area contributed by atoms with Crippen molar-refractivity contribution in [1.82, 2.24) is 9.97 Å². The number of benzene rings is 1. The van der Waals surface area contributed by atoms with Gasteiger partial charge in [0.15, 0.2) is 17.5 Å². The highest BCUT2D eigenvalue weighted by atomic mass is 32.1. The van der Waals surface area contributed by atoms with Crippen LogP contribution in [0.3, 0.4) is 0 Å². The first-order valence-corrected chi connectivity index (χ1v) is 6.60. The van der Waals surface area contributed by atoms with E-state index in [1.54, 1.807) is 6.92 Å². The fraction of sp³-hybridized carbons (Fsp3) is 0.286. The van der Waals surface area contributed by atoms with E-state index in [0.29, 0.717) is 28.1 Å². The van der Waals surface area contributed by atoms with Crippen molar-refractivity contribution >= 4 is 12.2 Å². The monoisotopic (exact) mass is 298 g/mol. The molecule has 1 heterocycles. The van der Waals surface area contributed by atoms with Gasteiger partial charge in [-0.2, -0.15) is 0 Å². The summed E-state index contributed by atoms with van der Waals surface area (Å²) in [6, 6.07) is 2.08. The van der Waals surface area contributed by atoms with Crippen LogP contribution in [0.4, 0.5) is 13.2 Å². The third-order valence-electron chi connectivity index (χ3n) is 2.99. The van der Waals surface area contributed by atoms with E-state index in [0.717, 1.165) is 12.5 Å². The van der Waals surface area contributed by atoms with Crippen molar-refractivity contribution in [3.63, 3.8) is 0 Å². The molecule has 2 aromatic rings. The Bertz CT molecular complexity index is 710. The summed E-state index contributed by atoms with van der Waals surface area (Å²) in [4.78, 5) is 7.14. The van der Waals surface area contributed by atoms with Crippen molar-refractivity contribution in [3.05, 3.63) is 45.6 Å². The zero-order chi connectivity index (χ0) is 14.9. The van der Waals surface area contributed by atoms with Gasteiger partial charge in [-0.3, -0.25) is 0 Å². The van der Waals surface area contributed by atoms with E-state index in [4.69, 9.17) is 12.2 Å². The number of aromatic nitrogens is 2. The molecule has 6 heteroatoms. The van der Waals surface area contributed by atoms with Crippen molar-refractivity contribution in [2.45, 2.75) is 26.7 Å². The summed E-state index contributed by atoms with van der Waals surface area (Å²) in [5.74, 6) is -3.34. The number of rotatable bonds is 3. The van der Waals surface area contributed by atoms with Gasteiger partial charge in [0.1, 0.15) is 10.5 Å². The van der Waals surface area contributed by atoms with Gasteiger partial charge in [-0.05, 0) is 25.5 Å². The minimum Gasteiger partial charge on any atom is -0.343 e. The summed E-state index contributed by atoms with van der Waals surface area (Å²) in [6.07, 6.45) is 1.48. The predicted molar refractivity (Wildman–Crippen MR) is 73.5 cm³/mol. The number of hydrogen-bond donors (Lipinski definition) is 1. The Balaban J connectivity index is 2.69. The summed E-state index contributed by atoms with van der Waals surface area (Å²) in [7, 11) is 0. The van der Waals surface area contributed by atoms with Crippen LogP contribution >= 0.6 is 12.2 Å². The molecule has 0 fully saturated rings. The van der Waals surface area contributed by atoms with E-state index in [-0.39, 0.29) is 5.56 Å². The van der Waals surface area contributed by atoms with Gasteiger partial charge in [-0.1, -0.05) is 19.1 Å². The molecule has 0 atom stereocenters. The third-order valence-corrected chi connectivity index (χ3v) is 3.39. The summed E-state index contributed by atoms with van der Waals surface area (Å²) < 4.78 is 40.6. The minimum atomic E-state index is -1.49. The molecular formula is C14H13F3N2S. The van der Waals surface area contributed by atoms with Gasteiger partial charge in [0.2, 0.25) is 0 Å². The van der Waals surface area contributed by atoms with Gasteiger partial charge in [-0.25, -0.2) is 18.2 Å². The lowest BCUT2D eigenvalue weighted by molar-refractivity contribution is 0.448. The van der Waals surface area contributed by atoms with Gasteiger partial charge in [0.25, 0.3) is 0 Å². The van der Waals surface area contributed by atoms with Crippen LogP contribution in [0.2, 0.25) is 0 Å². The number of aromatic amines is 1. The van der Waals surface area contributed by atoms with Crippen molar-refractivity contribution in [3.8, 4) is 11.3 Å². The summed E-state index contributed by atoms with van der Waals surface area (Å²) >= 11 is 5.12. The highest BCUT2D eigenvalue weighted by Gasteiger charge is 2.17. The normalized spacial score (nSPS) is 10.8. The van der Waals surface area contributed by atoms with Gasteiger partial charge >= 0.3 is 0 Å². The number of hydrogen-bond acceptors (Lipinski definition) is 2. The highest BCUT2D eigenvalue weighted by Crippen LogP contribution is 2.27. The van der Waals surface area contributed by atoms with Gasteiger partial charge < -0.3 is 4.98 Å². The first-order chi connectivity index (χ1) is 9.45. The van der Waals surface area contributed by atoms with Crippen molar-refractivity contribution < 1.29 is 13.2 Å². The van der Waals surface area contributed by atoms with E-state index < -0.39 is 17.5 Å². The SMILES string of the molecule is CCCc1nc(=S)c(C)c(-c2ccc(F)c(F)c2F)[nH]1. The molecule has 1 aromatic carbocycles. The predicted octanol–water partition coefficient (Wildman–Crippen LogP) is 4.48. The zero-order valence-electron chi connectivity index (χ0n) is 11.1. The molecule has 2 rings (SSSR count). The molecule has 0 radical (unpaired) electrons. The highest BCUT2D eigenvalue weighted by molar-refractivity contribution is 7.71. The zero-order valence-corrected chi connectivity index (χ0v) is 11.9. The first kappa shape index (κ1) is 14.7. The molecule has 0 bridgehead atoms. The molecule has 1 N–H and O–H groups in total. The molecule has 0 saturated heterocycles. The van der Waals surface area contributed by atoms with E-state index >= 15 is 0 Å². The van der Waals surface area contributed by atoms with Crippen LogP contribution in [-0.4, -0.2) is 9.97 Å². The standard InChI is InChI=1S/C14H13F3N2S/c1-3-4-10-18-13(7(2)14(20)19-10)8-5-6-9(15)12(17)11(8)16/h5-6H,3-4H2,1-2H3,(H,18,19,20). The number of H-pyrrole nitrogens is 1. The minimum absolute atomic E-state index is 0.0488. The second kappa shape index (κ2) is 5.75. The Morgan fingerprint density at radius 3 is 2.55 bits per heavy atom. The molecule has 1 aromatic heterocycles. The van der Waals surface area contributed by atoms with E-state index in [9.17, 15) is 13.2 Å². The quantitative estimate of drug-likeness (QED) is 0.668. The maximum atomic E-state index is 13.9. The lowest BCUT2D eigenvalue weighted by Gasteiger charge is -2.11. The van der Waals surface area contributed by atoms with Crippen molar-refractivity contribution in [2.24, 2.45) is 0 Å². The molecule has 0 aliphatic heterocycles. The largest absolute Gasteiger partial charge is 0.343 e. The van der Waals surface area contributed by atoms with Crippen LogP contribution in [0.15, 0.2) is 12.1 Å². The molecule has 0 amide bonds. The number of aryl methyl sites for hydroxylation is 1. The topological polar surface area (TPSA) is 28.7 Å². The fourth-order valence-electron chi connectivity index (χ4n) is 1.92. The van der Waals surface area contributed by atoms with Crippen LogP contribution < -0.4 is 0 Å².